The Morgan fingerprint density at radius 3 is 3.00 bits per heavy atom. The van der Waals surface area contributed by atoms with Crippen LogP contribution in [0.3, 0.4) is 0 Å². The minimum atomic E-state index is -0.230. The molecular formula is C14H18O3. The number of fused-ring (bicyclic) bond motifs is 3. The average Bonchev–Trinajstić information content (AvgIpc) is 2.28. The number of hydrogen-bond acceptors (Lipinski definition) is 3. The van der Waals surface area contributed by atoms with E-state index in [4.69, 9.17) is 9.47 Å². The monoisotopic (exact) mass is 234 g/mol. The summed E-state index contributed by atoms with van der Waals surface area (Å²) in [6.07, 6.45) is 2.13. The molecule has 1 aromatic carbocycles. The molecule has 3 nitrogen and oxygen atoms in total. The fourth-order valence-electron chi connectivity index (χ4n) is 3.04. The van der Waals surface area contributed by atoms with Gasteiger partial charge in [-0.1, -0.05) is 6.07 Å². The number of rotatable bonds is 0. The molecule has 2 atom stereocenters. The van der Waals surface area contributed by atoms with Crippen molar-refractivity contribution < 1.29 is 14.6 Å². The highest BCUT2D eigenvalue weighted by Crippen LogP contribution is 2.51. The molecule has 2 aliphatic heterocycles. The van der Waals surface area contributed by atoms with Gasteiger partial charge in [-0.15, -0.1) is 0 Å². The number of hydrogen-bond donors (Lipinski definition) is 1. The van der Waals surface area contributed by atoms with E-state index >= 15 is 0 Å². The molecule has 3 heteroatoms. The van der Waals surface area contributed by atoms with E-state index in [1.807, 2.05) is 12.1 Å². The fraction of sp³-hybridized carbons (Fsp3) is 0.571. The van der Waals surface area contributed by atoms with E-state index < -0.39 is 0 Å². The van der Waals surface area contributed by atoms with Crippen LogP contribution in [-0.2, 0) is 4.74 Å². The van der Waals surface area contributed by atoms with Gasteiger partial charge in [0.1, 0.15) is 17.1 Å². The Bertz CT molecular complexity index is 439. The minimum absolute atomic E-state index is 0.0244. The van der Waals surface area contributed by atoms with Crippen molar-refractivity contribution >= 4 is 0 Å². The van der Waals surface area contributed by atoms with Crippen molar-refractivity contribution in [3.8, 4) is 11.5 Å². The SMILES string of the molecule is CC1(C)Oc2cccc(O)c2[C@H]2OCCC[C@@H]21. The number of aromatic hydroxyl groups is 1. The van der Waals surface area contributed by atoms with E-state index in [0.717, 1.165) is 30.8 Å². The topological polar surface area (TPSA) is 38.7 Å². The second kappa shape index (κ2) is 3.64. The molecule has 0 amide bonds. The van der Waals surface area contributed by atoms with Crippen molar-refractivity contribution in [2.45, 2.75) is 38.4 Å². The predicted octanol–water partition coefficient (Wildman–Crippen LogP) is 3.03. The highest BCUT2D eigenvalue weighted by atomic mass is 16.5. The minimum Gasteiger partial charge on any atom is -0.507 e. The highest BCUT2D eigenvalue weighted by molar-refractivity contribution is 5.48. The first-order valence-corrected chi connectivity index (χ1v) is 6.22. The van der Waals surface area contributed by atoms with Crippen molar-refractivity contribution in [1.29, 1.82) is 0 Å². The van der Waals surface area contributed by atoms with Gasteiger partial charge in [0, 0.05) is 12.5 Å². The Hall–Kier alpha value is -1.22. The zero-order chi connectivity index (χ0) is 12.0. The summed E-state index contributed by atoms with van der Waals surface area (Å²) in [4.78, 5) is 0. The Balaban J connectivity index is 2.12. The second-order valence-electron chi connectivity index (χ2n) is 5.43. The van der Waals surface area contributed by atoms with E-state index in [-0.39, 0.29) is 17.5 Å². The van der Waals surface area contributed by atoms with Crippen LogP contribution in [0.5, 0.6) is 11.5 Å². The molecule has 2 heterocycles. The van der Waals surface area contributed by atoms with Crippen LogP contribution in [0, 0.1) is 5.92 Å². The summed E-state index contributed by atoms with van der Waals surface area (Å²) < 4.78 is 11.9. The lowest BCUT2D eigenvalue weighted by molar-refractivity contribution is -0.117. The van der Waals surface area contributed by atoms with Gasteiger partial charge in [-0.05, 0) is 38.8 Å². The summed E-state index contributed by atoms with van der Waals surface area (Å²) in [5, 5.41) is 10.0. The first kappa shape index (κ1) is 10.9. The van der Waals surface area contributed by atoms with Crippen LogP contribution in [0.4, 0.5) is 0 Å². The third kappa shape index (κ3) is 1.61. The molecule has 0 bridgehead atoms. The molecule has 17 heavy (non-hydrogen) atoms. The number of ether oxygens (including phenoxy) is 2. The quantitative estimate of drug-likeness (QED) is 0.750. The molecule has 0 aliphatic carbocycles. The molecule has 0 aromatic heterocycles. The maximum atomic E-state index is 10.0. The third-order valence-corrected chi connectivity index (χ3v) is 3.92. The van der Waals surface area contributed by atoms with Gasteiger partial charge >= 0.3 is 0 Å². The molecule has 1 saturated heterocycles. The van der Waals surface area contributed by atoms with Crippen molar-refractivity contribution in [3.05, 3.63) is 23.8 Å². The Morgan fingerprint density at radius 2 is 2.18 bits per heavy atom. The molecule has 0 saturated carbocycles. The summed E-state index contributed by atoms with van der Waals surface area (Å²) in [6, 6.07) is 5.42. The molecule has 0 spiro atoms. The van der Waals surface area contributed by atoms with Crippen LogP contribution in [0.2, 0.25) is 0 Å². The van der Waals surface area contributed by atoms with Gasteiger partial charge in [-0.2, -0.15) is 0 Å². The number of phenols is 1. The lowest BCUT2D eigenvalue weighted by atomic mass is 9.76. The lowest BCUT2D eigenvalue weighted by Crippen LogP contribution is -2.47. The van der Waals surface area contributed by atoms with E-state index in [2.05, 4.69) is 13.8 Å². The van der Waals surface area contributed by atoms with Crippen LogP contribution < -0.4 is 4.74 Å². The van der Waals surface area contributed by atoms with Crippen molar-refractivity contribution in [1.82, 2.24) is 0 Å². The van der Waals surface area contributed by atoms with Crippen LogP contribution in [0.25, 0.3) is 0 Å². The van der Waals surface area contributed by atoms with E-state index in [1.54, 1.807) is 6.07 Å². The third-order valence-electron chi connectivity index (χ3n) is 3.92. The van der Waals surface area contributed by atoms with E-state index in [9.17, 15) is 5.11 Å². The zero-order valence-corrected chi connectivity index (χ0v) is 10.3. The smallest absolute Gasteiger partial charge is 0.129 e. The predicted molar refractivity (Wildman–Crippen MR) is 64.2 cm³/mol. The normalized spacial score (nSPS) is 30.0. The van der Waals surface area contributed by atoms with Crippen molar-refractivity contribution in [2.24, 2.45) is 5.92 Å². The maximum absolute atomic E-state index is 10.0. The molecule has 92 valence electrons. The van der Waals surface area contributed by atoms with Gasteiger partial charge in [0.05, 0.1) is 11.7 Å². The highest BCUT2D eigenvalue weighted by Gasteiger charge is 2.46. The Labute approximate surface area is 101 Å². The molecule has 1 aromatic rings. The number of benzene rings is 1. The summed E-state index contributed by atoms with van der Waals surface area (Å²) >= 11 is 0. The van der Waals surface area contributed by atoms with Crippen molar-refractivity contribution in [2.75, 3.05) is 6.61 Å². The van der Waals surface area contributed by atoms with Crippen LogP contribution in [0.15, 0.2) is 18.2 Å². The Kier molecular flexibility index (Phi) is 2.33. The second-order valence-corrected chi connectivity index (χ2v) is 5.43. The van der Waals surface area contributed by atoms with Crippen LogP contribution in [0.1, 0.15) is 38.4 Å². The molecule has 0 unspecified atom stereocenters. The molecule has 2 aliphatic rings. The van der Waals surface area contributed by atoms with Gasteiger partial charge in [0.25, 0.3) is 0 Å². The van der Waals surface area contributed by atoms with Crippen molar-refractivity contribution in [3.63, 3.8) is 0 Å². The maximum Gasteiger partial charge on any atom is 0.129 e. The average molecular weight is 234 g/mol. The zero-order valence-electron chi connectivity index (χ0n) is 10.3. The largest absolute Gasteiger partial charge is 0.507 e. The fourth-order valence-corrected chi connectivity index (χ4v) is 3.04. The summed E-state index contributed by atoms with van der Waals surface area (Å²) in [5.74, 6) is 1.37. The van der Waals surface area contributed by atoms with Gasteiger partial charge in [-0.25, -0.2) is 0 Å². The first-order chi connectivity index (χ1) is 8.09. The molecule has 0 radical (unpaired) electrons. The molecule has 3 rings (SSSR count). The van der Waals surface area contributed by atoms with E-state index in [1.165, 1.54) is 0 Å². The summed E-state index contributed by atoms with van der Waals surface area (Å²) in [6.45, 7) is 4.98. The number of phenolic OH excluding ortho intramolecular Hbond substituents is 1. The van der Waals surface area contributed by atoms with Crippen LogP contribution >= 0.6 is 0 Å². The molecular weight excluding hydrogens is 216 g/mol. The van der Waals surface area contributed by atoms with E-state index in [0.29, 0.717) is 5.92 Å². The molecule has 1 N–H and O–H groups in total. The van der Waals surface area contributed by atoms with Gasteiger partial charge in [0.2, 0.25) is 0 Å². The first-order valence-electron chi connectivity index (χ1n) is 6.22. The van der Waals surface area contributed by atoms with Gasteiger partial charge < -0.3 is 14.6 Å². The Morgan fingerprint density at radius 1 is 1.35 bits per heavy atom. The van der Waals surface area contributed by atoms with Gasteiger partial charge in [-0.3, -0.25) is 0 Å². The lowest BCUT2D eigenvalue weighted by Gasteiger charge is -2.46. The summed E-state index contributed by atoms with van der Waals surface area (Å²) in [5.41, 5.74) is 0.600. The molecule has 1 fully saturated rings. The summed E-state index contributed by atoms with van der Waals surface area (Å²) in [7, 11) is 0. The van der Waals surface area contributed by atoms with Gasteiger partial charge in [0.15, 0.2) is 0 Å². The van der Waals surface area contributed by atoms with Crippen LogP contribution in [-0.4, -0.2) is 17.3 Å². The standard InChI is InChI=1S/C14H18O3/c1-14(2)9-5-4-8-16-13(9)12-10(15)6-3-7-11(12)17-14/h3,6-7,9,13,15H,4-5,8H2,1-2H3/t9-,13-/m0/s1.